The van der Waals surface area contributed by atoms with Crippen LogP contribution in [0, 0.1) is 6.92 Å². The van der Waals surface area contributed by atoms with E-state index in [1.54, 1.807) is 4.90 Å². The molecule has 138 valence electrons. The number of rotatable bonds is 8. The molecule has 25 heavy (non-hydrogen) atoms. The van der Waals surface area contributed by atoms with E-state index in [1.807, 2.05) is 39.0 Å². The zero-order valence-corrected chi connectivity index (χ0v) is 15.9. The fourth-order valence-corrected chi connectivity index (χ4v) is 3.65. The Kier molecular flexibility index (Phi) is 7.48. The summed E-state index contributed by atoms with van der Waals surface area (Å²) in [7, 11) is 0. The van der Waals surface area contributed by atoms with Crippen LogP contribution in [0.15, 0.2) is 24.3 Å². The summed E-state index contributed by atoms with van der Waals surface area (Å²) in [5, 5.41) is 3.17. The van der Waals surface area contributed by atoms with Crippen molar-refractivity contribution < 1.29 is 9.59 Å². The molecule has 1 atom stereocenters. The number of amides is 2. The first kappa shape index (κ1) is 19.5. The average Bonchev–Trinajstić information content (AvgIpc) is 3.08. The van der Waals surface area contributed by atoms with Gasteiger partial charge in [0.2, 0.25) is 11.8 Å². The normalized spacial score (nSPS) is 15.8. The van der Waals surface area contributed by atoms with E-state index in [4.69, 9.17) is 0 Å². The lowest BCUT2D eigenvalue weighted by Gasteiger charge is -2.31. The van der Waals surface area contributed by atoms with Crippen LogP contribution in [0.3, 0.4) is 0 Å². The van der Waals surface area contributed by atoms with Crippen LogP contribution in [-0.2, 0) is 16.1 Å². The molecule has 1 fully saturated rings. The highest BCUT2D eigenvalue weighted by atomic mass is 16.2. The number of carbonyl (C=O) groups is 2. The summed E-state index contributed by atoms with van der Waals surface area (Å²) in [4.78, 5) is 27.3. The molecule has 0 aromatic heterocycles. The van der Waals surface area contributed by atoms with Gasteiger partial charge >= 0.3 is 0 Å². The van der Waals surface area contributed by atoms with Gasteiger partial charge in [0.05, 0.1) is 0 Å². The first-order valence-electron chi connectivity index (χ1n) is 9.70. The van der Waals surface area contributed by atoms with Gasteiger partial charge in [-0.3, -0.25) is 9.59 Å². The van der Waals surface area contributed by atoms with E-state index in [1.165, 1.54) is 18.4 Å². The molecule has 4 heteroatoms. The van der Waals surface area contributed by atoms with Gasteiger partial charge in [-0.25, -0.2) is 0 Å². The van der Waals surface area contributed by atoms with E-state index in [2.05, 4.69) is 11.4 Å². The Hall–Kier alpha value is -1.84. The Labute approximate surface area is 152 Å². The van der Waals surface area contributed by atoms with Crippen molar-refractivity contribution >= 4 is 11.8 Å². The van der Waals surface area contributed by atoms with Crippen LogP contribution >= 0.6 is 0 Å². The van der Waals surface area contributed by atoms with Crippen molar-refractivity contribution in [1.29, 1.82) is 0 Å². The highest BCUT2D eigenvalue weighted by molar-refractivity contribution is 5.87. The molecule has 0 radical (unpaired) electrons. The van der Waals surface area contributed by atoms with Gasteiger partial charge < -0.3 is 10.2 Å². The van der Waals surface area contributed by atoms with Crippen molar-refractivity contribution in [2.75, 3.05) is 0 Å². The van der Waals surface area contributed by atoms with Gasteiger partial charge in [0.15, 0.2) is 0 Å². The van der Waals surface area contributed by atoms with Crippen molar-refractivity contribution in [1.82, 2.24) is 10.2 Å². The van der Waals surface area contributed by atoms with E-state index in [0.29, 0.717) is 19.4 Å². The molecule has 0 spiro atoms. The predicted octanol–water partition coefficient (Wildman–Crippen LogP) is 3.96. The molecule has 0 saturated heterocycles. The third-order valence-electron chi connectivity index (χ3n) is 4.99. The van der Waals surface area contributed by atoms with Crippen LogP contribution in [-0.4, -0.2) is 28.8 Å². The Morgan fingerprint density at radius 1 is 1.24 bits per heavy atom. The topological polar surface area (TPSA) is 49.4 Å². The Bertz CT molecular complexity index is 579. The molecule has 1 aromatic carbocycles. The minimum atomic E-state index is -0.389. The van der Waals surface area contributed by atoms with E-state index >= 15 is 0 Å². The zero-order valence-electron chi connectivity index (χ0n) is 15.9. The second-order valence-corrected chi connectivity index (χ2v) is 7.17. The molecular weight excluding hydrogens is 312 g/mol. The number of nitrogens with zero attached hydrogens (tertiary/aromatic N) is 1. The lowest BCUT2D eigenvalue weighted by molar-refractivity contribution is -0.141. The van der Waals surface area contributed by atoms with Crippen LogP contribution in [0.4, 0.5) is 0 Å². The largest absolute Gasteiger partial charge is 0.352 e. The van der Waals surface area contributed by atoms with E-state index in [0.717, 1.165) is 24.8 Å². The quantitative estimate of drug-likeness (QED) is 0.776. The van der Waals surface area contributed by atoms with Gasteiger partial charge in [-0.05, 0) is 38.2 Å². The Balaban J connectivity index is 2.15. The molecule has 4 nitrogen and oxygen atoms in total. The van der Waals surface area contributed by atoms with Gasteiger partial charge in [-0.2, -0.15) is 0 Å². The summed E-state index contributed by atoms with van der Waals surface area (Å²) in [5.74, 6) is 0.0731. The van der Waals surface area contributed by atoms with Gasteiger partial charge in [0.1, 0.15) is 6.04 Å². The molecule has 1 N–H and O–H groups in total. The average molecular weight is 344 g/mol. The van der Waals surface area contributed by atoms with Crippen LogP contribution in [0.1, 0.15) is 69.9 Å². The lowest BCUT2D eigenvalue weighted by Crippen LogP contribution is -2.50. The maximum atomic E-state index is 12.8. The zero-order chi connectivity index (χ0) is 18.2. The van der Waals surface area contributed by atoms with E-state index in [9.17, 15) is 9.59 Å². The van der Waals surface area contributed by atoms with Crippen molar-refractivity contribution in [2.24, 2.45) is 0 Å². The molecule has 1 aliphatic carbocycles. The molecule has 2 rings (SSSR count). The van der Waals surface area contributed by atoms with Gasteiger partial charge in [-0.15, -0.1) is 0 Å². The highest BCUT2D eigenvalue weighted by Crippen LogP contribution is 2.20. The second kappa shape index (κ2) is 9.59. The Morgan fingerprint density at radius 3 is 2.56 bits per heavy atom. The Morgan fingerprint density at radius 2 is 1.96 bits per heavy atom. The third kappa shape index (κ3) is 5.58. The second-order valence-electron chi connectivity index (χ2n) is 7.17. The summed E-state index contributed by atoms with van der Waals surface area (Å²) in [6.07, 6.45) is 6.40. The monoisotopic (exact) mass is 344 g/mol. The van der Waals surface area contributed by atoms with Crippen LogP contribution in [0.25, 0.3) is 0 Å². The summed E-state index contributed by atoms with van der Waals surface area (Å²) in [6.45, 7) is 6.53. The van der Waals surface area contributed by atoms with Crippen molar-refractivity contribution in [2.45, 2.75) is 84.3 Å². The summed E-state index contributed by atoms with van der Waals surface area (Å²) in [6, 6.07) is 8.07. The fourth-order valence-electron chi connectivity index (χ4n) is 3.65. The van der Waals surface area contributed by atoms with Gasteiger partial charge in [-0.1, -0.05) is 56.5 Å². The standard InChI is InChI=1S/C21H32N2O2/c1-4-9-20(24)23(15-17-11-8-10-16(3)14-17)19(5-2)21(25)22-18-12-6-7-13-18/h8,10-11,14,18-19H,4-7,9,12-13,15H2,1-3H3,(H,22,25)/t19-/m1/s1. The maximum Gasteiger partial charge on any atom is 0.243 e. The number of aryl methyl sites for hydroxylation is 1. The van der Waals surface area contributed by atoms with Crippen LogP contribution in [0.5, 0.6) is 0 Å². The molecule has 0 unspecified atom stereocenters. The summed E-state index contributed by atoms with van der Waals surface area (Å²) in [5.41, 5.74) is 2.25. The van der Waals surface area contributed by atoms with Gasteiger partial charge in [0.25, 0.3) is 0 Å². The van der Waals surface area contributed by atoms with E-state index < -0.39 is 0 Å². The number of nitrogens with one attached hydrogen (secondary N) is 1. The molecule has 0 heterocycles. The van der Waals surface area contributed by atoms with Crippen LogP contribution < -0.4 is 5.32 Å². The molecule has 1 aromatic rings. The minimum absolute atomic E-state index is 0.00602. The van der Waals surface area contributed by atoms with Crippen molar-refractivity contribution in [3.8, 4) is 0 Å². The summed E-state index contributed by atoms with van der Waals surface area (Å²) >= 11 is 0. The minimum Gasteiger partial charge on any atom is -0.352 e. The van der Waals surface area contributed by atoms with Gasteiger partial charge in [0, 0.05) is 19.0 Å². The predicted molar refractivity (Wildman–Crippen MR) is 101 cm³/mol. The first-order chi connectivity index (χ1) is 12.0. The van der Waals surface area contributed by atoms with Crippen molar-refractivity contribution in [3.05, 3.63) is 35.4 Å². The van der Waals surface area contributed by atoms with Crippen LogP contribution in [0.2, 0.25) is 0 Å². The van der Waals surface area contributed by atoms with Crippen molar-refractivity contribution in [3.63, 3.8) is 0 Å². The lowest BCUT2D eigenvalue weighted by atomic mass is 10.1. The number of benzene rings is 1. The fraction of sp³-hybridized carbons (Fsp3) is 0.619. The molecule has 0 aliphatic heterocycles. The molecule has 1 saturated carbocycles. The van der Waals surface area contributed by atoms with E-state index in [-0.39, 0.29) is 23.9 Å². The SMILES string of the molecule is CCCC(=O)N(Cc1cccc(C)c1)[C@H](CC)C(=O)NC1CCCC1. The molecule has 2 amide bonds. The molecule has 1 aliphatic rings. The number of hydrogen-bond donors (Lipinski definition) is 1. The number of carbonyl (C=O) groups excluding carboxylic acids is 2. The molecule has 0 bridgehead atoms. The number of hydrogen-bond acceptors (Lipinski definition) is 2. The maximum absolute atomic E-state index is 12.8. The smallest absolute Gasteiger partial charge is 0.243 e. The molecular formula is C21H32N2O2. The first-order valence-corrected chi connectivity index (χ1v) is 9.70. The summed E-state index contributed by atoms with van der Waals surface area (Å²) < 4.78 is 0. The highest BCUT2D eigenvalue weighted by Gasteiger charge is 2.30. The third-order valence-corrected chi connectivity index (χ3v) is 4.99.